The quantitative estimate of drug-likeness (QED) is 0.782. The molecule has 0 saturated carbocycles. The molecule has 0 aromatic carbocycles. The van der Waals surface area contributed by atoms with Gasteiger partial charge < -0.3 is 10.1 Å². The zero-order valence-electron chi connectivity index (χ0n) is 11.9. The molecule has 0 fully saturated rings. The van der Waals surface area contributed by atoms with Gasteiger partial charge in [-0.3, -0.25) is 9.48 Å². The van der Waals surface area contributed by atoms with Crippen molar-refractivity contribution in [1.29, 1.82) is 0 Å². The van der Waals surface area contributed by atoms with E-state index in [4.69, 9.17) is 4.74 Å². The maximum Gasteiger partial charge on any atom is 0.322 e. The number of hydrogen-bond acceptors (Lipinski definition) is 4. The maximum atomic E-state index is 11.5. The van der Waals surface area contributed by atoms with Crippen LogP contribution < -0.4 is 5.32 Å². The highest BCUT2D eigenvalue weighted by Gasteiger charge is 2.16. The average Bonchev–Trinajstić information content (AvgIpc) is 2.68. The van der Waals surface area contributed by atoms with Gasteiger partial charge in [0.05, 0.1) is 12.3 Å². The van der Waals surface area contributed by atoms with Crippen LogP contribution in [0, 0.1) is 0 Å². The van der Waals surface area contributed by atoms with Crippen molar-refractivity contribution in [3.63, 3.8) is 0 Å². The van der Waals surface area contributed by atoms with E-state index in [9.17, 15) is 4.79 Å². The van der Waals surface area contributed by atoms with Crippen molar-refractivity contribution >= 4 is 5.97 Å². The van der Waals surface area contributed by atoms with Crippen molar-refractivity contribution in [2.75, 3.05) is 6.61 Å². The molecule has 1 N–H and O–H groups in total. The summed E-state index contributed by atoms with van der Waals surface area (Å²) < 4.78 is 6.76. The number of carbonyl (C=O) groups is 1. The lowest BCUT2D eigenvalue weighted by Crippen LogP contribution is -2.35. The lowest BCUT2D eigenvalue weighted by atomic mass is 10.1. The number of esters is 1. The highest BCUT2D eigenvalue weighted by Crippen LogP contribution is 2.17. The van der Waals surface area contributed by atoms with E-state index < -0.39 is 0 Å². The summed E-state index contributed by atoms with van der Waals surface area (Å²) in [6.07, 6.45) is 1.99. The minimum absolute atomic E-state index is 0.215. The van der Waals surface area contributed by atoms with Crippen LogP contribution in [-0.2, 0) is 23.1 Å². The predicted octanol–water partition coefficient (Wildman–Crippen LogP) is 1.58. The fourth-order valence-electron chi connectivity index (χ4n) is 1.79. The Morgan fingerprint density at radius 2 is 2.17 bits per heavy atom. The average molecular weight is 253 g/mol. The minimum atomic E-state index is -0.301. The zero-order valence-corrected chi connectivity index (χ0v) is 11.9. The molecule has 1 aromatic heterocycles. The summed E-state index contributed by atoms with van der Waals surface area (Å²) >= 11 is 0. The van der Waals surface area contributed by atoms with E-state index >= 15 is 0 Å². The summed E-state index contributed by atoms with van der Waals surface area (Å²) in [6.45, 7) is 8.88. The summed E-state index contributed by atoms with van der Waals surface area (Å²) in [4.78, 5) is 11.5. The molecule has 0 bridgehead atoms. The van der Waals surface area contributed by atoms with E-state index in [1.807, 2.05) is 27.1 Å². The van der Waals surface area contributed by atoms with Crippen LogP contribution >= 0.6 is 0 Å². The van der Waals surface area contributed by atoms with Gasteiger partial charge in [-0.25, -0.2) is 0 Å². The fourth-order valence-corrected chi connectivity index (χ4v) is 1.79. The molecule has 0 spiro atoms. The molecule has 0 aliphatic rings. The standard InChI is InChI=1S/C13H23N3O2/c1-6-18-13(17)10(4)14-7-11-8-16(5)15-12(11)9(2)3/h8-10,14H,6-7H2,1-5H3. The van der Waals surface area contributed by atoms with Crippen LogP contribution in [0.4, 0.5) is 0 Å². The molecule has 1 heterocycles. The van der Waals surface area contributed by atoms with Crippen LogP contribution in [0.2, 0.25) is 0 Å². The van der Waals surface area contributed by atoms with Crippen LogP contribution in [-0.4, -0.2) is 28.4 Å². The molecule has 0 amide bonds. The first-order chi connectivity index (χ1) is 8.45. The number of hydrogen-bond donors (Lipinski definition) is 1. The first-order valence-corrected chi connectivity index (χ1v) is 6.38. The molecule has 0 radical (unpaired) electrons. The van der Waals surface area contributed by atoms with E-state index in [-0.39, 0.29) is 12.0 Å². The maximum absolute atomic E-state index is 11.5. The molecule has 0 aliphatic carbocycles. The highest BCUT2D eigenvalue weighted by molar-refractivity contribution is 5.75. The molecule has 5 nitrogen and oxygen atoms in total. The van der Waals surface area contributed by atoms with Gasteiger partial charge in [0.25, 0.3) is 0 Å². The molecule has 1 rings (SSSR count). The first-order valence-electron chi connectivity index (χ1n) is 6.38. The summed E-state index contributed by atoms with van der Waals surface area (Å²) in [5.41, 5.74) is 2.20. The molecule has 1 atom stereocenters. The summed E-state index contributed by atoms with van der Waals surface area (Å²) in [5, 5.41) is 7.59. The largest absolute Gasteiger partial charge is 0.465 e. The van der Waals surface area contributed by atoms with Gasteiger partial charge in [0.15, 0.2) is 0 Å². The molecule has 0 aliphatic heterocycles. The Morgan fingerprint density at radius 3 is 2.72 bits per heavy atom. The van der Waals surface area contributed by atoms with Crippen molar-refractivity contribution in [2.45, 2.75) is 46.2 Å². The summed E-state index contributed by atoms with van der Waals surface area (Å²) in [6, 6.07) is -0.301. The summed E-state index contributed by atoms with van der Waals surface area (Å²) in [7, 11) is 1.91. The van der Waals surface area contributed by atoms with Crippen LogP contribution in [0.15, 0.2) is 6.20 Å². The number of carbonyl (C=O) groups excluding carboxylic acids is 1. The van der Waals surface area contributed by atoms with Gasteiger partial charge in [0, 0.05) is 25.4 Å². The molecule has 102 valence electrons. The van der Waals surface area contributed by atoms with Gasteiger partial charge in [-0.15, -0.1) is 0 Å². The lowest BCUT2D eigenvalue weighted by Gasteiger charge is -2.12. The van der Waals surface area contributed by atoms with Gasteiger partial charge in [-0.1, -0.05) is 13.8 Å². The molecule has 5 heteroatoms. The van der Waals surface area contributed by atoms with E-state index in [0.717, 1.165) is 11.3 Å². The van der Waals surface area contributed by atoms with Gasteiger partial charge in [0.1, 0.15) is 6.04 Å². The van der Waals surface area contributed by atoms with Gasteiger partial charge in [-0.05, 0) is 19.8 Å². The van der Waals surface area contributed by atoms with Gasteiger partial charge in [0.2, 0.25) is 0 Å². The number of nitrogens with zero attached hydrogens (tertiary/aromatic N) is 2. The molecular formula is C13H23N3O2. The van der Waals surface area contributed by atoms with Crippen LogP contribution in [0.25, 0.3) is 0 Å². The SMILES string of the molecule is CCOC(=O)C(C)NCc1cn(C)nc1C(C)C. The Balaban J connectivity index is 2.60. The van der Waals surface area contributed by atoms with Crippen LogP contribution in [0.5, 0.6) is 0 Å². The predicted molar refractivity (Wildman–Crippen MR) is 70.2 cm³/mol. The number of rotatable bonds is 6. The van der Waals surface area contributed by atoms with E-state index in [2.05, 4.69) is 24.3 Å². The second kappa shape index (κ2) is 6.54. The van der Waals surface area contributed by atoms with E-state index in [1.165, 1.54) is 0 Å². The van der Waals surface area contributed by atoms with E-state index in [0.29, 0.717) is 19.1 Å². The topological polar surface area (TPSA) is 56.1 Å². The van der Waals surface area contributed by atoms with Crippen molar-refractivity contribution < 1.29 is 9.53 Å². The molecule has 18 heavy (non-hydrogen) atoms. The van der Waals surface area contributed by atoms with Crippen molar-refractivity contribution in [3.8, 4) is 0 Å². The Kier molecular flexibility index (Phi) is 5.34. The van der Waals surface area contributed by atoms with Crippen molar-refractivity contribution in [3.05, 3.63) is 17.5 Å². The molecular weight excluding hydrogens is 230 g/mol. The molecule has 1 aromatic rings. The van der Waals surface area contributed by atoms with Gasteiger partial charge >= 0.3 is 5.97 Å². The lowest BCUT2D eigenvalue weighted by molar-refractivity contribution is -0.145. The third kappa shape index (κ3) is 3.84. The minimum Gasteiger partial charge on any atom is -0.465 e. The van der Waals surface area contributed by atoms with Gasteiger partial charge in [-0.2, -0.15) is 5.10 Å². The zero-order chi connectivity index (χ0) is 13.7. The monoisotopic (exact) mass is 253 g/mol. The number of nitrogens with one attached hydrogen (secondary N) is 1. The van der Waals surface area contributed by atoms with Crippen LogP contribution in [0.3, 0.4) is 0 Å². The first kappa shape index (κ1) is 14.7. The number of ether oxygens (including phenoxy) is 1. The Morgan fingerprint density at radius 1 is 1.50 bits per heavy atom. The van der Waals surface area contributed by atoms with Crippen molar-refractivity contribution in [2.24, 2.45) is 7.05 Å². The third-order valence-electron chi connectivity index (χ3n) is 2.72. The smallest absolute Gasteiger partial charge is 0.322 e. The van der Waals surface area contributed by atoms with E-state index in [1.54, 1.807) is 4.68 Å². The van der Waals surface area contributed by atoms with Crippen LogP contribution in [0.1, 0.15) is 44.9 Å². The normalized spacial score (nSPS) is 12.8. The number of aromatic nitrogens is 2. The highest BCUT2D eigenvalue weighted by atomic mass is 16.5. The molecule has 1 unspecified atom stereocenters. The second-order valence-electron chi connectivity index (χ2n) is 4.72. The summed E-state index contributed by atoms with van der Waals surface area (Å²) in [5.74, 6) is 0.161. The van der Waals surface area contributed by atoms with Crippen molar-refractivity contribution in [1.82, 2.24) is 15.1 Å². The number of aryl methyl sites for hydroxylation is 1. The third-order valence-corrected chi connectivity index (χ3v) is 2.72. The molecule has 0 saturated heterocycles. The Bertz CT molecular complexity index is 399. The second-order valence-corrected chi connectivity index (χ2v) is 4.72. The fraction of sp³-hybridized carbons (Fsp3) is 0.692. The Labute approximate surface area is 109 Å². The Hall–Kier alpha value is -1.36.